The number of rotatable bonds is 4. The summed E-state index contributed by atoms with van der Waals surface area (Å²) in [6, 6.07) is 8.39. The van der Waals surface area contributed by atoms with Crippen LogP contribution in [0.3, 0.4) is 0 Å². The molecule has 0 bridgehead atoms. The van der Waals surface area contributed by atoms with Crippen LogP contribution in [0.5, 0.6) is 0 Å². The Labute approximate surface area is 172 Å². The zero-order chi connectivity index (χ0) is 19.9. The van der Waals surface area contributed by atoms with Gasteiger partial charge in [-0.25, -0.2) is 4.68 Å². The molecule has 0 aliphatic carbocycles. The molecule has 2 N–H and O–H groups in total. The van der Waals surface area contributed by atoms with Crippen molar-refractivity contribution in [2.24, 2.45) is 5.92 Å². The fraction of sp³-hybridized carbons (Fsp3) is 0.450. The molecule has 3 aromatic rings. The molecule has 0 spiro atoms. The SMILES string of the molecule is CC(C)(C)n1ncc2c(=O)[nH]c(NCC3CCN(c4cccc(Br)c4)C3)nc21. The van der Waals surface area contributed by atoms with Gasteiger partial charge in [-0.2, -0.15) is 10.1 Å². The second kappa shape index (κ2) is 7.24. The average Bonchev–Trinajstić information content (AvgIpc) is 3.27. The summed E-state index contributed by atoms with van der Waals surface area (Å²) in [4.78, 5) is 22.3. The molecule has 8 heteroatoms. The van der Waals surface area contributed by atoms with Crippen molar-refractivity contribution >= 4 is 38.6 Å². The summed E-state index contributed by atoms with van der Waals surface area (Å²) in [5.74, 6) is 0.997. The number of hydrogen-bond acceptors (Lipinski definition) is 5. The van der Waals surface area contributed by atoms with Gasteiger partial charge < -0.3 is 10.2 Å². The predicted octanol–water partition coefficient (Wildman–Crippen LogP) is 3.58. The molecule has 2 aromatic heterocycles. The summed E-state index contributed by atoms with van der Waals surface area (Å²) in [6.07, 6.45) is 2.69. The molecule has 4 rings (SSSR count). The minimum Gasteiger partial charge on any atom is -0.371 e. The van der Waals surface area contributed by atoms with Gasteiger partial charge in [-0.05, 0) is 51.3 Å². The Morgan fingerprint density at radius 1 is 1.36 bits per heavy atom. The monoisotopic (exact) mass is 444 g/mol. The van der Waals surface area contributed by atoms with Gasteiger partial charge in [-0.3, -0.25) is 9.78 Å². The first-order chi connectivity index (χ1) is 13.3. The molecular weight excluding hydrogens is 420 g/mol. The van der Waals surface area contributed by atoms with Gasteiger partial charge >= 0.3 is 0 Å². The maximum atomic E-state index is 12.4. The molecule has 148 valence electrons. The van der Waals surface area contributed by atoms with Gasteiger partial charge in [0.15, 0.2) is 5.65 Å². The summed E-state index contributed by atoms with van der Waals surface area (Å²) >= 11 is 3.54. The Hall–Kier alpha value is -2.35. The van der Waals surface area contributed by atoms with E-state index in [0.29, 0.717) is 22.9 Å². The summed E-state index contributed by atoms with van der Waals surface area (Å²) in [7, 11) is 0. The second-order valence-electron chi connectivity index (χ2n) is 8.34. The van der Waals surface area contributed by atoms with E-state index in [-0.39, 0.29) is 11.1 Å². The average molecular weight is 445 g/mol. The van der Waals surface area contributed by atoms with Gasteiger partial charge in [0.25, 0.3) is 5.56 Å². The first kappa shape index (κ1) is 19.0. The number of nitrogens with zero attached hydrogens (tertiary/aromatic N) is 4. The fourth-order valence-electron chi connectivity index (χ4n) is 3.64. The number of benzene rings is 1. The van der Waals surface area contributed by atoms with Crippen LogP contribution in [-0.4, -0.2) is 39.4 Å². The predicted molar refractivity (Wildman–Crippen MR) is 116 cm³/mol. The quantitative estimate of drug-likeness (QED) is 0.642. The van der Waals surface area contributed by atoms with Gasteiger partial charge in [-0.15, -0.1) is 0 Å². The Kier molecular flexibility index (Phi) is 4.91. The molecule has 3 heterocycles. The maximum absolute atomic E-state index is 12.4. The lowest BCUT2D eigenvalue weighted by molar-refractivity contribution is 0.366. The molecule has 7 nitrogen and oxygen atoms in total. The first-order valence-corrected chi connectivity index (χ1v) is 10.3. The fourth-order valence-corrected chi connectivity index (χ4v) is 4.03. The van der Waals surface area contributed by atoms with E-state index in [1.165, 1.54) is 5.69 Å². The van der Waals surface area contributed by atoms with E-state index >= 15 is 0 Å². The number of fused-ring (bicyclic) bond motifs is 1. The highest BCUT2D eigenvalue weighted by Gasteiger charge is 2.24. The van der Waals surface area contributed by atoms with Crippen molar-refractivity contribution < 1.29 is 0 Å². The number of aromatic amines is 1. The summed E-state index contributed by atoms with van der Waals surface area (Å²) in [6.45, 7) is 8.92. The van der Waals surface area contributed by atoms with Crippen molar-refractivity contribution in [2.45, 2.75) is 32.7 Å². The van der Waals surface area contributed by atoms with Crippen LogP contribution in [0.15, 0.2) is 39.7 Å². The Bertz CT molecular complexity index is 1050. The summed E-state index contributed by atoms with van der Waals surface area (Å²) in [5, 5.41) is 8.20. The van der Waals surface area contributed by atoms with Crippen LogP contribution in [-0.2, 0) is 5.54 Å². The van der Waals surface area contributed by atoms with Gasteiger partial charge in [-0.1, -0.05) is 22.0 Å². The molecule has 1 fully saturated rings. The van der Waals surface area contributed by atoms with E-state index < -0.39 is 0 Å². The lowest BCUT2D eigenvalue weighted by Crippen LogP contribution is -2.25. The summed E-state index contributed by atoms with van der Waals surface area (Å²) < 4.78 is 2.89. The van der Waals surface area contributed by atoms with E-state index in [1.807, 2.05) is 26.8 Å². The lowest BCUT2D eigenvalue weighted by atomic mass is 10.1. The molecular formula is C20H25BrN6O. The van der Waals surface area contributed by atoms with Crippen molar-refractivity contribution in [1.82, 2.24) is 19.7 Å². The molecule has 1 aliphatic heterocycles. The van der Waals surface area contributed by atoms with Gasteiger partial charge in [0.2, 0.25) is 5.95 Å². The normalized spacial score (nSPS) is 17.4. The van der Waals surface area contributed by atoms with Crippen LogP contribution < -0.4 is 15.8 Å². The molecule has 0 amide bonds. The number of hydrogen-bond donors (Lipinski definition) is 2. The van der Waals surface area contributed by atoms with Crippen LogP contribution in [0, 0.1) is 5.92 Å². The molecule has 1 saturated heterocycles. The van der Waals surface area contributed by atoms with E-state index in [9.17, 15) is 4.79 Å². The number of H-pyrrole nitrogens is 1. The molecule has 28 heavy (non-hydrogen) atoms. The second-order valence-corrected chi connectivity index (χ2v) is 9.26. The molecule has 1 unspecified atom stereocenters. The van der Waals surface area contributed by atoms with Crippen molar-refractivity contribution in [3.63, 3.8) is 0 Å². The van der Waals surface area contributed by atoms with E-state index in [0.717, 1.165) is 30.5 Å². The van der Waals surface area contributed by atoms with E-state index in [2.05, 4.69) is 59.4 Å². The number of nitrogens with one attached hydrogen (secondary N) is 2. The topological polar surface area (TPSA) is 78.8 Å². The Morgan fingerprint density at radius 3 is 2.93 bits per heavy atom. The molecule has 1 atom stereocenters. The highest BCUT2D eigenvalue weighted by Crippen LogP contribution is 2.26. The van der Waals surface area contributed by atoms with Crippen molar-refractivity contribution in [3.05, 3.63) is 45.3 Å². The zero-order valence-electron chi connectivity index (χ0n) is 16.4. The third-order valence-electron chi connectivity index (χ3n) is 5.09. The smallest absolute Gasteiger partial charge is 0.263 e. The van der Waals surface area contributed by atoms with Crippen molar-refractivity contribution in [2.75, 3.05) is 29.9 Å². The minimum atomic E-state index is -0.240. The standard InChI is InChI=1S/C20H25BrN6O/c1-20(2,3)27-17-16(11-23-27)18(28)25-19(24-17)22-10-13-7-8-26(12-13)15-6-4-5-14(21)9-15/h4-6,9,11,13H,7-8,10,12H2,1-3H3,(H2,22,24,25,28). The molecule has 0 radical (unpaired) electrons. The van der Waals surface area contributed by atoms with E-state index in [1.54, 1.807) is 10.9 Å². The third kappa shape index (κ3) is 3.78. The largest absolute Gasteiger partial charge is 0.371 e. The maximum Gasteiger partial charge on any atom is 0.263 e. The van der Waals surface area contributed by atoms with Crippen LogP contribution in [0.2, 0.25) is 0 Å². The highest BCUT2D eigenvalue weighted by molar-refractivity contribution is 9.10. The van der Waals surface area contributed by atoms with Crippen LogP contribution in [0.1, 0.15) is 27.2 Å². The third-order valence-corrected chi connectivity index (χ3v) is 5.58. The van der Waals surface area contributed by atoms with Gasteiger partial charge in [0, 0.05) is 29.8 Å². The molecule has 1 aliphatic rings. The van der Waals surface area contributed by atoms with Crippen LogP contribution in [0.25, 0.3) is 11.0 Å². The van der Waals surface area contributed by atoms with E-state index in [4.69, 9.17) is 0 Å². The Balaban J connectivity index is 1.47. The Morgan fingerprint density at radius 2 is 2.18 bits per heavy atom. The molecule has 1 aromatic carbocycles. The summed E-state index contributed by atoms with van der Waals surface area (Å²) in [5.41, 5.74) is 1.44. The lowest BCUT2D eigenvalue weighted by Gasteiger charge is -2.20. The zero-order valence-corrected chi connectivity index (χ0v) is 18.0. The molecule has 0 saturated carbocycles. The van der Waals surface area contributed by atoms with Crippen LogP contribution in [0.4, 0.5) is 11.6 Å². The van der Waals surface area contributed by atoms with Gasteiger partial charge in [0.05, 0.1) is 11.7 Å². The first-order valence-electron chi connectivity index (χ1n) is 9.54. The van der Waals surface area contributed by atoms with Crippen LogP contribution >= 0.6 is 15.9 Å². The van der Waals surface area contributed by atoms with Crippen molar-refractivity contribution in [3.8, 4) is 0 Å². The van der Waals surface area contributed by atoms with Crippen molar-refractivity contribution in [1.29, 1.82) is 0 Å². The minimum absolute atomic E-state index is 0.162. The number of aromatic nitrogens is 4. The van der Waals surface area contributed by atoms with Gasteiger partial charge in [0.1, 0.15) is 5.39 Å². The number of anilines is 2. The number of halogens is 1. The highest BCUT2D eigenvalue weighted by atomic mass is 79.9.